The van der Waals surface area contributed by atoms with Crippen LogP contribution >= 0.6 is 0 Å². The van der Waals surface area contributed by atoms with Crippen molar-refractivity contribution in [1.82, 2.24) is 0 Å². The van der Waals surface area contributed by atoms with Crippen LogP contribution in [0.5, 0.6) is 0 Å². The first-order chi connectivity index (χ1) is 10.5. The van der Waals surface area contributed by atoms with Crippen molar-refractivity contribution >= 4 is 12.4 Å². The molecule has 0 aliphatic rings. The fourth-order valence-corrected chi connectivity index (χ4v) is 1.75. The molecule has 0 N–H and O–H groups in total. The minimum atomic E-state index is -1.01. The van der Waals surface area contributed by atoms with E-state index in [-0.39, 0.29) is 11.1 Å². The molecule has 0 radical (unpaired) electrons. The second kappa shape index (κ2) is 6.98. The van der Waals surface area contributed by atoms with Gasteiger partial charge in [0.2, 0.25) is 0 Å². The summed E-state index contributed by atoms with van der Waals surface area (Å²) in [6.45, 7) is 1.79. The van der Waals surface area contributed by atoms with Gasteiger partial charge in [-0.05, 0) is 41.8 Å². The molecular weight excluding hydrogens is 296 g/mol. The molecule has 2 aromatic carbocycles. The molecule has 0 unspecified atom stereocenters. The van der Waals surface area contributed by atoms with E-state index in [2.05, 4.69) is 10.2 Å². The third-order valence-corrected chi connectivity index (χ3v) is 2.95. The second-order valence-electron chi connectivity index (χ2n) is 4.49. The smallest absolute Gasteiger partial charge is 0.159 e. The lowest BCUT2D eigenvalue weighted by molar-refractivity contribution is 0.508. The zero-order chi connectivity index (χ0) is 16.1. The predicted octanol–water partition coefficient (Wildman–Crippen LogP) is 4.26. The van der Waals surface area contributed by atoms with E-state index in [1.807, 2.05) is 0 Å². The van der Waals surface area contributed by atoms with Gasteiger partial charge >= 0.3 is 0 Å². The highest BCUT2D eigenvalue weighted by atomic mass is 19.2. The highest BCUT2D eigenvalue weighted by Crippen LogP contribution is 2.14. The Hall–Kier alpha value is -2.50. The Morgan fingerprint density at radius 1 is 0.818 bits per heavy atom. The highest BCUT2D eigenvalue weighted by molar-refractivity contribution is 5.83. The molecule has 6 heteroatoms. The summed E-state index contributed by atoms with van der Waals surface area (Å²) in [6, 6.07) is 5.64. The summed E-state index contributed by atoms with van der Waals surface area (Å²) in [4.78, 5) is 0. The van der Waals surface area contributed by atoms with Crippen LogP contribution in [0.15, 0.2) is 40.5 Å². The van der Waals surface area contributed by atoms with E-state index >= 15 is 0 Å². The van der Waals surface area contributed by atoms with Crippen molar-refractivity contribution in [3.8, 4) is 0 Å². The molecule has 2 rings (SSSR count). The lowest BCUT2D eigenvalue weighted by atomic mass is 10.1. The van der Waals surface area contributed by atoms with Gasteiger partial charge in [-0.3, -0.25) is 0 Å². The molecule has 0 amide bonds. The summed E-state index contributed by atoms with van der Waals surface area (Å²) in [7, 11) is 0. The Morgan fingerprint density at radius 3 is 2.05 bits per heavy atom. The van der Waals surface area contributed by atoms with Crippen LogP contribution in [0.1, 0.15) is 23.6 Å². The Morgan fingerprint density at radius 2 is 1.45 bits per heavy atom. The average Bonchev–Trinajstić information content (AvgIpc) is 2.49. The maximum absolute atomic E-state index is 13.7. The maximum atomic E-state index is 13.7. The van der Waals surface area contributed by atoms with Crippen LogP contribution in [-0.4, -0.2) is 12.4 Å². The van der Waals surface area contributed by atoms with Crippen molar-refractivity contribution in [2.24, 2.45) is 10.2 Å². The van der Waals surface area contributed by atoms with Gasteiger partial charge in [0, 0.05) is 0 Å². The van der Waals surface area contributed by atoms with E-state index in [4.69, 9.17) is 0 Å². The lowest BCUT2D eigenvalue weighted by Crippen LogP contribution is -1.96. The quantitative estimate of drug-likeness (QED) is 0.458. The van der Waals surface area contributed by atoms with Crippen LogP contribution < -0.4 is 0 Å². The van der Waals surface area contributed by atoms with Crippen molar-refractivity contribution in [2.75, 3.05) is 0 Å². The molecule has 0 saturated heterocycles. The van der Waals surface area contributed by atoms with Crippen LogP contribution in [0.25, 0.3) is 0 Å². The molecule has 0 aliphatic carbocycles. The number of rotatable bonds is 4. The van der Waals surface area contributed by atoms with Crippen LogP contribution in [0.3, 0.4) is 0 Å². The summed E-state index contributed by atoms with van der Waals surface area (Å²) in [5.41, 5.74) is 0.510. The third kappa shape index (κ3) is 3.78. The van der Waals surface area contributed by atoms with E-state index in [9.17, 15) is 17.6 Å². The minimum Gasteiger partial charge on any atom is -0.206 e. The van der Waals surface area contributed by atoms with Crippen LogP contribution in [0, 0.1) is 23.3 Å². The van der Waals surface area contributed by atoms with E-state index in [0.29, 0.717) is 12.0 Å². The van der Waals surface area contributed by atoms with Crippen LogP contribution in [-0.2, 0) is 6.42 Å². The topological polar surface area (TPSA) is 24.7 Å². The van der Waals surface area contributed by atoms with Gasteiger partial charge in [0.05, 0.1) is 18.0 Å². The highest BCUT2D eigenvalue weighted by Gasteiger charge is 2.08. The fraction of sp³-hybridized carbons (Fsp3) is 0.125. The molecule has 22 heavy (non-hydrogen) atoms. The summed E-state index contributed by atoms with van der Waals surface area (Å²) < 4.78 is 53.0. The molecule has 0 fully saturated rings. The molecule has 0 aliphatic heterocycles. The molecule has 0 aromatic heterocycles. The number of halogens is 4. The Balaban J connectivity index is 2.15. The standard InChI is InChI=1S/C16H12F4N2/c1-2-10-5-14(18)12(15(19)6-10)9-22-21-8-11-3-4-13(17)16(20)7-11/h3-9H,2H2,1H3/b21-8+,22-9+. The molecule has 0 atom stereocenters. The van der Waals surface area contributed by atoms with Crippen molar-refractivity contribution in [3.63, 3.8) is 0 Å². The third-order valence-electron chi connectivity index (χ3n) is 2.95. The molecule has 114 valence electrons. The van der Waals surface area contributed by atoms with Gasteiger partial charge < -0.3 is 0 Å². The molecule has 0 spiro atoms. The summed E-state index contributed by atoms with van der Waals surface area (Å²) in [6.07, 6.45) is 2.59. The average molecular weight is 308 g/mol. The van der Waals surface area contributed by atoms with Gasteiger partial charge in [0.15, 0.2) is 11.6 Å². The Labute approximate surface area is 124 Å². The van der Waals surface area contributed by atoms with Crippen LogP contribution in [0.2, 0.25) is 0 Å². The largest absolute Gasteiger partial charge is 0.206 e. The normalized spacial score (nSPS) is 11.7. The number of hydrogen-bond acceptors (Lipinski definition) is 2. The molecule has 2 aromatic rings. The van der Waals surface area contributed by atoms with E-state index in [1.165, 1.54) is 18.2 Å². The van der Waals surface area contributed by atoms with Crippen molar-refractivity contribution < 1.29 is 17.6 Å². The SMILES string of the molecule is CCc1cc(F)c(/C=N/N=C/c2ccc(F)c(F)c2)c(F)c1. The second-order valence-corrected chi connectivity index (χ2v) is 4.49. The van der Waals surface area contributed by atoms with Gasteiger partial charge in [0.25, 0.3) is 0 Å². The zero-order valence-electron chi connectivity index (χ0n) is 11.7. The van der Waals surface area contributed by atoms with Crippen molar-refractivity contribution in [1.29, 1.82) is 0 Å². The van der Waals surface area contributed by atoms with Gasteiger partial charge in [-0.2, -0.15) is 10.2 Å². The monoisotopic (exact) mass is 308 g/mol. The minimum absolute atomic E-state index is 0.276. The van der Waals surface area contributed by atoms with Crippen molar-refractivity contribution in [2.45, 2.75) is 13.3 Å². The number of aryl methyl sites for hydroxylation is 1. The summed E-state index contributed by atoms with van der Waals surface area (Å²) in [5, 5.41) is 7.07. The number of hydrogen-bond donors (Lipinski definition) is 0. The predicted molar refractivity (Wildman–Crippen MR) is 77.3 cm³/mol. The summed E-state index contributed by atoms with van der Waals surface area (Å²) in [5.74, 6) is -3.45. The van der Waals surface area contributed by atoms with Gasteiger partial charge in [0.1, 0.15) is 11.6 Å². The molecule has 0 saturated carbocycles. The Bertz CT molecular complexity index is 716. The maximum Gasteiger partial charge on any atom is 0.159 e. The lowest BCUT2D eigenvalue weighted by Gasteiger charge is -2.01. The van der Waals surface area contributed by atoms with Crippen LogP contribution in [0.4, 0.5) is 17.6 Å². The van der Waals surface area contributed by atoms with E-state index in [0.717, 1.165) is 24.6 Å². The first-order valence-corrected chi connectivity index (χ1v) is 6.50. The van der Waals surface area contributed by atoms with Crippen molar-refractivity contribution in [3.05, 3.63) is 70.3 Å². The number of benzene rings is 2. The van der Waals surface area contributed by atoms with Gasteiger partial charge in [-0.1, -0.05) is 13.0 Å². The zero-order valence-corrected chi connectivity index (χ0v) is 11.7. The molecule has 2 nitrogen and oxygen atoms in total. The molecular formula is C16H12F4N2. The van der Waals surface area contributed by atoms with Gasteiger partial charge in [-0.15, -0.1) is 0 Å². The first-order valence-electron chi connectivity index (χ1n) is 6.50. The van der Waals surface area contributed by atoms with Gasteiger partial charge in [-0.25, -0.2) is 17.6 Å². The molecule has 0 heterocycles. The molecule has 0 bridgehead atoms. The number of nitrogens with zero attached hydrogens (tertiary/aromatic N) is 2. The summed E-state index contributed by atoms with van der Waals surface area (Å²) >= 11 is 0. The van der Waals surface area contributed by atoms with E-state index in [1.54, 1.807) is 6.92 Å². The Kier molecular flexibility index (Phi) is 5.04. The van der Waals surface area contributed by atoms with E-state index < -0.39 is 23.3 Å². The fourth-order valence-electron chi connectivity index (χ4n) is 1.75. The first kappa shape index (κ1) is 15.9.